The minimum Gasteiger partial charge on any atom is -0.508 e. The number of imidazole rings is 1. The fraction of sp³-hybridized carbons (Fsp3) is 0. The number of rotatable bonds is 3. The Bertz CT molecular complexity index is 777. The van der Waals surface area contributed by atoms with E-state index in [1.165, 1.54) is 30.5 Å². The maximum atomic E-state index is 12.9. The number of aromatic nitrogens is 2. The van der Waals surface area contributed by atoms with Crippen LogP contribution in [0.25, 0.3) is 11.4 Å². The molecular weight excluding hydrogens is 271 g/mol. The molecule has 0 bridgehead atoms. The molecular formula is C16H11FN2O2. The summed E-state index contributed by atoms with van der Waals surface area (Å²) >= 11 is 0. The summed E-state index contributed by atoms with van der Waals surface area (Å²) < 4.78 is 12.9. The molecule has 4 nitrogen and oxygen atoms in total. The van der Waals surface area contributed by atoms with Gasteiger partial charge in [-0.3, -0.25) is 4.79 Å². The number of phenols is 1. The summed E-state index contributed by atoms with van der Waals surface area (Å²) in [7, 11) is 0. The number of benzene rings is 2. The Morgan fingerprint density at radius 2 is 1.71 bits per heavy atom. The zero-order chi connectivity index (χ0) is 14.8. The number of nitrogens with one attached hydrogen (secondary N) is 1. The topological polar surface area (TPSA) is 66.0 Å². The van der Waals surface area contributed by atoms with Crippen molar-refractivity contribution in [3.05, 3.63) is 71.8 Å². The maximum absolute atomic E-state index is 12.9. The fourth-order valence-electron chi connectivity index (χ4n) is 1.96. The molecule has 0 fully saturated rings. The van der Waals surface area contributed by atoms with Crippen LogP contribution >= 0.6 is 0 Å². The highest BCUT2D eigenvalue weighted by molar-refractivity contribution is 6.07. The molecule has 3 aromatic rings. The molecule has 1 heterocycles. The van der Waals surface area contributed by atoms with Crippen molar-refractivity contribution >= 4 is 5.78 Å². The van der Waals surface area contributed by atoms with Gasteiger partial charge in [0.25, 0.3) is 0 Å². The molecule has 0 aliphatic carbocycles. The van der Waals surface area contributed by atoms with Gasteiger partial charge in [0.1, 0.15) is 23.1 Å². The largest absolute Gasteiger partial charge is 0.508 e. The van der Waals surface area contributed by atoms with E-state index in [0.717, 1.165) is 5.56 Å². The summed E-state index contributed by atoms with van der Waals surface area (Å²) in [4.78, 5) is 19.3. The second-order valence-electron chi connectivity index (χ2n) is 4.53. The third kappa shape index (κ3) is 2.67. The van der Waals surface area contributed by atoms with E-state index in [9.17, 15) is 14.3 Å². The monoisotopic (exact) mass is 282 g/mol. The van der Waals surface area contributed by atoms with Crippen LogP contribution in [0.2, 0.25) is 0 Å². The van der Waals surface area contributed by atoms with Crippen LogP contribution in [0.4, 0.5) is 4.39 Å². The van der Waals surface area contributed by atoms with Gasteiger partial charge in [0, 0.05) is 11.1 Å². The van der Waals surface area contributed by atoms with Crippen molar-refractivity contribution in [3.8, 4) is 17.1 Å². The predicted octanol–water partition coefficient (Wildman–Crippen LogP) is 3.15. The molecule has 21 heavy (non-hydrogen) atoms. The third-order valence-electron chi connectivity index (χ3n) is 3.07. The van der Waals surface area contributed by atoms with Gasteiger partial charge in [-0.25, -0.2) is 9.37 Å². The van der Waals surface area contributed by atoms with Crippen LogP contribution in [0.3, 0.4) is 0 Å². The molecule has 0 saturated heterocycles. The van der Waals surface area contributed by atoms with E-state index in [0.29, 0.717) is 17.1 Å². The van der Waals surface area contributed by atoms with Gasteiger partial charge in [-0.2, -0.15) is 0 Å². The average molecular weight is 282 g/mol. The van der Waals surface area contributed by atoms with E-state index in [4.69, 9.17) is 0 Å². The van der Waals surface area contributed by atoms with Gasteiger partial charge in [-0.05, 0) is 48.5 Å². The SMILES string of the molecule is O=C(c1ccc(F)cc1)c1cnc(-c2ccc(O)cc2)[nH]1. The van der Waals surface area contributed by atoms with E-state index in [1.54, 1.807) is 24.3 Å². The number of H-pyrrole nitrogens is 1. The maximum Gasteiger partial charge on any atom is 0.210 e. The van der Waals surface area contributed by atoms with Crippen LogP contribution < -0.4 is 0 Å². The number of nitrogens with zero attached hydrogens (tertiary/aromatic N) is 1. The second kappa shape index (κ2) is 5.20. The molecule has 0 unspecified atom stereocenters. The predicted molar refractivity (Wildman–Crippen MR) is 75.5 cm³/mol. The molecule has 0 saturated carbocycles. The van der Waals surface area contributed by atoms with Crippen LogP contribution in [-0.4, -0.2) is 20.9 Å². The molecule has 2 N–H and O–H groups in total. The lowest BCUT2D eigenvalue weighted by atomic mass is 10.1. The zero-order valence-corrected chi connectivity index (χ0v) is 10.9. The van der Waals surface area contributed by atoms with Gasteiger partial charge in [0.05, 0.1) is 6.20 Å². The van der Waals surface area contributed by atoms with Crippen molar-refractivity contribution in [3.63, 3.8) is 0 Å². The van der Waals surface area contributed by atoms with Crippen molar-refractivity contribution < 1.29 is 14.3 Å². The Hall–Kier alpha value is -2.95. The first-order valence-electron chi connectivity index (χ1n) is 6.28. The molecule has 0 aliphatic heterocycles. The summed E-state index contributed by atoms with van der Waals surface area (Å²) in [5, 5.41) is 9.25. The van der Waals surface area contributed by atoms with E-state index in [1.807, 2.05) is 0 Å². The molecule has 3 rings (SSSR count). The Balaban J connectivity index is 1.89. The van der Waals surface area contributed by atoms with Crippen molar-refractivity contribution in [1.82, 2.24) is 9.97 Å². The number of carbonyl (C=O) groups excluding carboxylic acids is 1. The summed E-state index contributed by atoms with van der Waals surface area (Å²) in [5.74, 6) is 0.0434. The van der Waals surface area contributed by atoms with Gasteiger partial charge in [-0.15, -0.1) is 0 Å². The van der Waals surface area contributed by atoms with Crippen LogP contribution in [-0.2, 0) is 0 Å². The molecule has 0 aliphatic rings. The van der Waals surface area contributed by atoms with Gasteiger partial charge < -0.3 is 10.1 Å². The van der Waals surface area contributed by atoms with Gasteiger partial charge >= 0.3 is 0 Å². The van der Waals surface area contributed by atoms with Crippen LogP contribution in [0, 0.1) is 5.82 Å². The number of aromatic amines is 1. The highest BCUT2D eigenvalue weighted by Gasteiger charge is 2.13. The third-order valence-corrected chi connectivity index (χ3v) is 3.07. The lowest BCUT2D eigenvalue weighted by Crippen LogP contribution is -2.01. The lowest BCUT2D eigenvalue weighted by Gasteiger charge is -1.99. The minimum absolute atomic E-state index is 0.160. The number of hydrogen-bond acceptors (Lipinski definition) is 3. The number of ketones is 1. The Kier molecular flexibility index (Phi) is 3.23. The van der Waals surface area contributed by atoms with Crippen molar-refractivity contribution in [2.45, 2.75) is 0 Å². The highest BCUT2D eigenvalue weighted by Crippen LogP contribution is 2.20. The molecule has 0 spiro atoms. The van der Waals surface area contributed by atoms with E-state index < -0.39 is 0 Å². The smallest absolute Gasteiger partial charge is 0.210 e. The first-order chi connectivity index (χ1) is 10.1. The molecule has 0 atom stereocenters. The lowest BCUT2D eigenvalue weighted by molar-refractivity contribution is 0.103. The van der Waals surface area contributed by atoms with Gasteiger partial charge in [-0.1, -0.05) is 0 Å². The standard InChI is InChI=1S/C16H11FN2O2/c17-12-5-1-10(2-6-12)15(21)14-9-18-16(19-14)11-3-7-13(20)8-4-11/h1-9,20H,(H,18,19). The summed E-state index contributed by atoms with van der Waals surface area (Å²) in [6, 6.07) is 11.8. The van der Waals surface area contributed by atoms with Crippen LogP contribution in [0.5, 0.6) is 5.75 Å². The van der Waals surface area contributed by atoms with Gasteiger partial charge in [0.15, 0.2) is 0 Å². The summed E-state index contributed by atoms with van der Waals surface area (Å²) in [5.41, 5.74) is 1.47. The zero-order valence-electron chi connectivity index (χ0n) is 10.9. The average Bonchev–Trinajstić information content (AvgIpc) is 2.98. The Labute approximate surface area is 119 Å². The molecule has 1 aromatic heterocycles. The van der Waals surface area contributed by atoms with E-state index in [2.05, 4.69) is 9.97 Å². The van der Waals surface area contributed by atoms with Crippen molar-refractivity contribution in [1.29, 1.82) is 0 Å². The molecule has 104 valence electrons. The van der Waals surface area contributed by atoms with Crippen LogP contribution in [0.1, 0.15) is 16.1 Å². The van der Waals surface area contributed by atoms with Crippen molar-refractivity contribution in [2.75, 3.05) is 0 Å². The Morgan fingerprint density at radius 1 is 1.05 bits per heavy atom. The summed E-state index contributed by atoms with van der Waals surface area (Å²) in [6.45, 7) is 0. The molecule has 5 heteroatoms. The number of aromatic hydroxyl groups is 1. The quantitative estimate of drug-likeness (QED) is 0.725. The molecule has 0 radical (unpaired) electrons. The van der Waals surface area contributed by atoms with Gasteiger partial charge in [0.2, 0.25) is 5.78 Å². The first kappa shape index (κ1) is 13.1. The Morgan fingerprint density at radius 3 is 2.38 bits per heavy atom. The first-order valence-corrected chi connectivity index (χ1v) is 6.28. The highest BCUT2D eigenvalue weighted by atomic mass is 19.1. The normalized spacial score (nSPS) is 10.5. The fourth-order valence-corrected chi connectivity index (χ4v) is 1.96. The summed E-state index contributed by atoms with van der Waals surface area (Å²) in [6.07, 6.45) is 1.44. The second-order valence-corrected chi connectivity index (χ2v) is 4.53. The number of phenolic OH excluding ortho intramolecular Hbond substituents is 1. The minimum atomic E-state index is -0.388. The van der Waals surface area contributed by atoms with Crippen LogP contribution in [0.15, 0.2) is 54.7 Å². The van der Waals surface area contributed by atoms with Crippen molar-refractivity contribution in [2.24, 2.45) is 0 Å². The number of halogens is 1. The van der Waals surface area contributed by atoms with E-state index in [-0.39, 0.29) is 17.3 Å². The number of hydrogen-bond donors (Lipinski definition) is 2. The van der Waals surface area contributed by atoms with E-state index >= 15 is 0 Å². The molecule has 2 aromatic carbocycles. The number of carbonyl (C=O) groups is 1. The molecule has 0 amide bonds.